The zero-order valence-electron chi connectivity index (χ0n) is 6.45. The molecule has 1 aromatic rings. The van der Waals surface area contributed by atoms with E-state index in [1.54, 1.807) is 0 Å². The molecule has 1 aromatic heterocycles. The maximum Gasteiger partial charge on any atom is 0.574 e. The third-order valence-electron chi connectivity index (χ3n) is 1.08. The van der Waals surface area contributed by atoms with Gasteiger partial charge < -0.3 is 9.84 Å². The van der Waals surface area contributed by atoms with E-state index in [2.05, 4.69) is 14.7 Å². The van der Waals surface area contributed by atoms with Gasteiger partial charge in [-0.2, -0.15) is 0 Å². The third kappa shape index (κ3) is 2.57. The van der Waals surface area contributed by atoms with Crippen LogP contribution in [0.5, 0.6) is 5.88 Å². The number of nitrogens with zero attached hydrogens (tertiary/aromatic N) is 2. The van der Waals surface area contributed by atoms with Crippen molar-refractivity contribution in [2.45, 2.75) is 6.36 Å². The van der Waals surface area contributed by atoms with Gasteiger partial charge in [-0.1, -0.05) is 0 Å². The first-order valence-corrected chi connectivity index (χ1v) is 3.20. The third-order valence-corrected chi connectivity index (χ3v) is 1.08. The molecule has 0 aliphatic heterocycles. The van der Waals surface area contributed by atoms with E-state index in [0.29, 0.717) is 0 Å². The van der Waals surface area contributed by atoms with Crippen LogP contribution in [-0.4, -0.2) is 27.4 Å². The van der Waals surface area contributed by atoms with E-state index in [1.807, 2.05) is 0 Å². The summed E-state index contributed by atoms with van der Waals surface area (Å²) in [6.45, 7) is 0. The zero-order valence-corrected chi connectivity index (χ0v) is 6.45. The van der Waals surface area contributed by atoms with Crippen molar-refractivity contribution < 1.29 is 27.8 Å². The lowest BCUT2D eigenvalue weighted by Crippen LogP contribution is -2.20. The number of hydrogen-bond donors (Lipinski definition) is 1. The molecule has 0 aliphatic rings. The van der Waals surface area contributed by atoms with Crippen LogP contribution >= 0.6 is 0 Å². The summed E-state index contributed by atoms with van der Waals surface area (Å²) in [4.78, 5) is 16.6. The summed E-state index contributed by atoms with van der Waals surface area (Å²) in [7, 11) is 0. The molecule has 0 radical (unpaired) electrons. The van der Waals surface area contributed by atoms with E-state index >= 15 is 0 Å². The fourth-order valence-corrected chi connectivity index (χ4v) is 0.656. The first-order valence-electron chi connectivity index (χ1n) is 3.20. The second-order valence-corrected chi connectivity index (χ2v) is 2.06. The first-order chi connectivity index (χ1) is 6.40. The van der Waals surface area contributed by atoms with Gasteiger partial charge in [-0.25, -0.2) is 14.8 Å². The SMILES string of the molecule is O=C(O)c1nccnc1OC(F)(F)F. The number of alkyl halides is 3. The molecule has 8 heteroatoms. The van der Waals surface area contributed by atoms with E-state index in [4.69, 9.17) is 5.11 Å². The van der Waals surface area contributed by atoms with E-state index in [-0.39, 0.29) is 0 Å². The van der Waals surface area contributed by atoms with E-state index < -0.39 is 23.9 Å². The molecular weight excluding hydrogens is 205 g/mol. The number of aromatic carboxylic acids is 1. The van der Waals surface area contributed by atoms with Crippen LogP contribution in [0.3, 0.4) is 0 Å². The molecule has 1 rings (SSSR count). The lowest BCUT2D eigenvalue weighted by atomic mass is 10.4. The number of halogens is 3. The second-order valence-electron chi connectivity index (χ2n) is 2.06. The molecule has 1 heterocycles. The van der Waals surface area contributed by atoms with Gasteiger partial charge >= 0.3 is 12.3 Å². The number of carboxylic acid groups (broad SMARTS) is 1. The van der Waals surface area contributed by atoms with Crippen molar-refractivity contribution in [1.82, 2.24) is 9.97 Å². The quantitative estimate of drug-likeness (QED) is 0.786. The van der Waals surface area contributed by atoms with Crippen molar-refractivity contribution in [2.75, 3.05) is 0 Å². The van der Waals surface area contributed by atoms with Crippen LogP contribution in [0, 0.1) is 0 Å². The van der Waals surface area contributed by atoms with Crippen LogP contribution in [0.15, 0.2) is 12.4 Å². The largest absolute Gasteiger partial charge is 0.574 e. The fraction of sp³-hybridized carbons (Fsp3) is 0.167. The molecule has 0 unspecified atom stereocenters. The Labute approximate surface area is 75.2 Å². The van der Waals surface area contributed by atoms with Crippen molar-refractivity contribution in [3.05, 3.63) is 18.1 Å². The van der Waals surface area contributed by atoms with Crippen molar-refractivity contribution in [1.29, 1.82) is 0 Å². The molecule has 1 N–H and O–H groups in total. The highest BCUT2D eigenvalue weighted by atomic mass is 19.4. The highest BCUT2D eigenvalue weighted by molar-refractivity contribution is 5.87. The van der Waals surface area contributed by atoms with E-state index in [0.717, 1.165) is 12.4 Å². The molecule has 0 aromatic carbocycles. The predicted molar refractivity (Wildman–Crippen MR) is 35.7 cm³/mol. The van der Waals surface area contributed by atoms with Crippen LogP contribution in [0.1, 0.15) is 10.5 Å². The summed E-state index contributed by atoms with van der Waals surface area (Å²) in [5, 5.41) is 8.41. The van der Waals surface area contributed by atoms with Gasteiger partial charge in [-0.05, 0) is 0 Å². The minimum absolute atomic E-state index is 0.884. The van der Waals surface area contributed by atoms with Crippen molar-refractivity contribution in [3.8, 4) is 5.88 Å². The number of aromatic nitrogens is 2. The summed E-state index contributed by atoms with van der Waals surface area (Å²) >= 11 is 0. The summed E-state index contributed by atoms with van der Waals surface area (Å²) in [6.07, 6.45) is -3.14. The number of carboxylic acids is 1. The molecule has 14 heavy (non-hydrogen) atoms. The summed E-state index contributed by atoms with van der Waals surface area (Å²) in [5.74, 6) is -2.72. The van der Waals surface area contributed by atoms with Gasteiger partial charge in [0.25, 0.3) is 5.88 Å². The molecule has 5 nitrogen and oxygen atoms in total. The Hall–Kier alpha value is -1.86. The Morgan fingerprint density at radius 2 is 1.93 bits per heavy atom. The summed E-state index contributed by atoms with van der Waals surface area (Å²) < 4.78 is 38.4. The van der Waals surface area contributed by atoms with Gasteiger partial charge in [-0.3, -0.25) is 0 Å². The number of hydrogen-bond acceptors (Lipinski definition) is 4. The number of ether oxygens (including phenoxy) is 1. The van der Waals surface area contributed by atoms with Gasteiger partial charge in [0.1, 0.15) is 0 Å². The molecule has 0 saturated carbocycles. The molecule has 76 valence electrons. The van der Waals surface area contributed by atoms with Crippen molar-refractivity contribution in [3.63, 3.8) is 0 Å². The predicted octanol–water partition coefficient (Wildman–Crippen LogP) is 1.07. The molecule has 0 saturated heterocycles. The average Bonchev–Trinajstić information content (AvgIpc) is 2.01. The van der Waals surface area contributed by atoms with E-state index in [9.17, 15) is 18.0 Å². The van der Waals surface area contributed by atoms with Crippen LogP contribution in [0.4, 0.5) is 13.2 Å². The average molecular weight is 208 g/mol. The Morgan fingerprint density at radius 3 is 2.43 bits per heavy atom. The highest BCUT2D eigenvalue weighted by Gasteiger charge is 2.34. The lowest BCUT2D eigenvalue weighted by Gasteiger charge is -2.08. The monoisotopic (exact) mass is 208 g/mol. The highest BCUT2D eigenvalue weighted by Crippen LogP contribution is 2.22. The Balaban J connectivity index is 3.02. The van der Waals surface area contributed by atoms with Crippen LogP contribution in [0.2, 0.25) is 0 Å². The molecule has 0 amide bonds. The molecule has 0 fully saturated rings. The minimum Gasteiger partial charge on any atom is -0.476 e. The van der Waals surface area contributed by atoms with Crippen LogP contribution in [0.25, 0.3) is 0 Å². The lowest BCUT2D eigenvalue weighted by molar-refractivity contribution is -0.276. The fourth-order valence-electron chi connectivity index (χ4n) is 0.656. The maximum atomic E-state index is 11.7. The van der Waals surface area contributed by atoms with Gasteiger partial charge in [-0.15, -0.1) is 13.2 Å². The Kier molecular flexibility index (Phi) is 2.54. The van der Waals surface area contributed by atoms with Gasteiger partial charge in [0, 0.05) is 12.4 Å². The normalized spacial score (nSPS) is 11.1. The topological polar surface area (TPSA) is 72.3 Å². The van der Waals surface area contributed by atoms with Crippen molar-refractivity contribution in [2.24, 2.45) is 0 Å². The van der Waals surface area contributed by atoms with Crippen molar-refractivity contribution >= 4 is 5.97 Å². The Morgan fingerprint density at radius 1 is 1.36 bits per heavy atom. The van der Waals surface area contributed by atoms with Gasteiger partial charge in [0.15, 0.2) is 0 Å². The Bertz CT molecular complexity index is 352. The minimum atomic E-state index is -4.99. The number of rotatable bonds is 2. The van der Waals surface area contributed by atoms with E-state index in [1.165, 1.54) is 0 Å². The molecule has 0 bridgehead atoms. The summed E-state index contributed by atoms with van der Waals surface area (Å²) in [6, 6.07) is 0. The van der Waals surface area contributed by atoms with Crippen LogP contribution < -0.4 is 4.74 Å². The molecule has 0 aliphatic carbocycles. The van der Waals surface area contributed by atoms with Gasteiger partial charge in [0.2, 0.25) is 5.69 Å². The molecule has 0 atom stereocenters. The standard InChI is InChI=1S/C6H3F3N2O3/c7-6(8,9)14-4-3(5(12)13)10-1-2-11-4/h1-2H,(H,12,13). The van der Waals surface area contributed by atoms with Gasteiger partial charge in [0.05, 0.1) is 0 Å². The maximum absolute atomic E-state index is 11.7. The second kappa shape index (κ2) is 3.48. The molecular formula is C6H3F3N2O3. The number of carbonyl (C=O) groups is 1. The van der Waals surface area contributed by atoms with Crippen LogP contribution in [-0.2, 0) is 0 Å². The first kappa shape index (κ1) is 10.2. The zero-order chi connectivity index (χ0) is 10.8. The smallest absolute Gasteiger partial charge is 0.476 e. The summed E-state index contributed by atoms with van der Waals surface area (Å²) in [5.41, 5.74) is -0.884. The molecule has 0 spiro atoms.